The van der Waals surface area contributed by atoms with Crippen LogP contribution in [0.2, 0.25) is 5.02 Å². The third-order valence-electron chi connectivity index (χ3n) is 2.96. The van der Waals surface area contributed by atoms with E-state index >= 15 is 0 Å². The Morgan fingerprint density at radius 3 is 2.48 bits per heavy atom. The first-order valence-electron chi connectivity index (χ1n) is 6.36. The summed E-state index contributed by atoms with van der Waals surface area (Å²) in [6, 6.07) is 5.12. The molecular weight excluding hydrogens is 378 g/mol. The molecule has 0 amide bonds. The van der Waals surface area contributed by atoms with Gasteiger partial charge in [0.15, 0.2) is 11.5 Å². The summed E-state index contributed by atoms with van der Waals surface area (Å²) in [5.41, 5.74) is -0.672. The third-order valence-corrected chi connectivity index (χ3v) is 4.50. The second kappa shape index (κ2) is 6.83. The van der Waals surface area contributed by atoms with E-state index in [-0.39, 0.29) is 10.6 Å². The van der Waals surface area contributed by atoms with E-state index in [0.717, 1.165) is 30.5 Å². The minimum Gasteiger partial charge on any atom is -0.504 e. The van der Waals surface area contributed by atoms with E-state index in [1.165, 1.54) is 6.07 Å². The van der Waals surface area contributed by atoms with Crippen LogP contribution in [-0.4, -0.2) is 34.9 Å². The minimum absolute atomic E-state index is 0.0833. The summed E-state index contributed by atoms with van der Waals surface area (Å²) >= 11 is 5.61. The Hall–Kier alpha value is -3.05. The number of nitrogens with zero attached hydrogens (tertiary/aromatic N) is 2. The van der Waals surface area contributed by atoms with E-state index in [1.54, 1.807) is 4.83 Å². The van der Waals surface area contributed by atoms with Gasteiger partial charge in [0, 0.05) is 11.6 Å². The number of nitro benzene ring substituents is 1. The molecule has 0 aromatic heterocycles. The largest absolute Gasteiger partial charge is 0.504 e. The highest BCUT2D eigenvalue weighted by atomic mass is 35.5. The van der Waals surface area contributed by atoms with Crippen LogP contribution in [0.25, 0.3) is 0 Å². The maximum Gasteiger partial charge on any atom is 0.289 e. The number of nitro groups is 1. The fourth-order valence-electron chi connectivity index (χ4n) is 1.71. The van der Waals surface area contributed by atoms with Crippen LogP contribution >= 0.6 is 11.6 Å². The van der Waals surface area contributed by atoms with Gasteiger partial charge in [0.1, 0.15) is 5.02 Å². The number of halogens is 1. The molecule has 2 aromatic rings. The Morgan fingerprint density at radius 1 is 1.16 bits per heavy atom. The lowest BCUT2D eigenvalue weighted by atomic mass is 10.2. The first-order valence-corrected chi connectivity index (χ1v) is 8.22. The van der Waals surface area contributed by atoms with Crippen molar-refractivity contribution in [3.63, 3.8) is 0 Å². The van der Waals surface area contributed by atoms with Crippen molar-refractivity contribution in [2.75, 3.05) is 0 Å². The molecular formula is C13H10ClN3O7S. The van der Waals surface area contributed by atoms with Gasteiger partial charge in [-0.2, -0.15) is 13.5 Å². The quantitative estimate of drug-likeness (QED) is 0.262. The predicted octanol–water partition coefficient (Wildman–Crippen LogP) is 1.68. The average Bonchev–Trinajstić information content (AvgIpc) is 2.54. The zero-order valence-corrected chi connectivity index (χ0v) is 13.7. The lowest BCUT2D eigenvalue weighted by molar-refractivity contribution is -0.384. The molecule has 0 spiro atoms. The third kappa shape index (κ3) is 3.89. The van der Waals surface area contributed by atoms with Gasteiger partial charge in [0.2, 0.25) is 5.75 Å². The molecule has 0 saturated carbocycles. The molecule has 0 bridgehead atoms. The van der Waals surface area contributed by atoms with Crippen LogP contribution < -0.4 is 4.83 Å². The van der Waals surface area contributed by atoms with Gasteiger partial charge in [-0.05, 0) is 24.3 Å². The van der Waals surface area contributed by atoms with Crippen LogP contribution in [0.3, 0.4) is 0 Å². The number of sulfonamides is 1. The van der Waals surface area contributed by atoms with Gasteiger partial charge in [0.05, 0.1) is 16.0 Å². The van der Waals surface area contributed by atoms with Crippen molar-refractivity contribution in [2.45, 2.75) is 4.90 Å². The highest BCUT2D eigenvalue weighted by Gasteiger charge is 2.20. The number of hydrogen-bond donors (Lipinski definition) is 4. The van der Waals surface area contributed by atoms with E-state index in [9.17, 15) is 33.9 Å². The molecule has 0 aliphatic rings. The zero-order chi connectivity index (χ0) is 18.8. The smallest absolute Gasteiger partial charge is 0.289 e. The van der Waals surface area contributed by atoms with E-state index < -0.39 is 42.8 Å². The summed E-state index contributed by atoms with van der Waals surface area (Å²) in [6.07, 6.45) is 0.871. The number of rotatable bonds is 5. The molecule has 0 atom stereocenters. The van der Waals surface area contributed by atoms with Gasteiger partial charge < -0.3 is 15.3 Å². The summed E-state index contributed by atoms with van der Waals surface area (Å²) in [5, 5.41) is 42.1. The molecule has 0 aliphatic carbocycles. The molecule has 0 saturated heterocycles. The Balaban J connectivity index is 2.27. The van der Waals surface area contributed by atoms with Gasteiger partial charge >= 0.3 is 0 Å². The van der Waals surface area contributed by atoms with E-state index in [4.69, 9.17) is 11.6 Å². The Kier molecular flexibility index (Phi) is 4.99. The van der Waals surface area contributed by atoms with Crippen molar-refractivity contribution in [2.24, 2.45) is 5.10 Å². The lowest BCUT2D eigenvalue weighted by Crippen LogP contribution is -2.18. The molecule has 132 valence electrons. The molecule has 12 heteroatoms. The van der Waals surface area contributed by atoms with Crippen molar-refractivity contribution in [3.8, 4) is 17.2 Å². The number of phenols is 3. The molecule has 2 rings (SSSR count). The van der Waals surface area contributed by atoms with Crippen LogP contribution in [0.4, 0.5) is 5.69 Å². The van der Waals surface area contributed by atoms with E-state index in [0.29, 0.717) is 0 Å². The molecule has 0 unspecified atom stereocenters. The standard InChI is InChI=1S/C13H10ClN3O7S/c14-9-3-2-8(5-10(9)17(21)22)25(23,24)16-15-6-7-1-4-11(18)13(20)12(7)19/h1-6,16,18-20H. The number of hydrazone groups is 1. The van der Waals surface area contributed by atoms with E-state index in [2.05, 4.69) is 5.10 Å². The summed E-state index contributed by atoms with van der Waals surface area (Å²) in [5.74, 6) is -2.06. The molecule has 2 aromatic carbocycles. The van der Waals surface area contributed by atoms with Crippen LogP contribution in [0, 0.1) is 10.1 Å². The second-order valence-electron chi connectivity index (χ2n) is 4.59. The van der Waals surface area contributed by atoms with E-state index in [1.807, 2.05) is 0 Å². The minimum atomic E-state index is -4.24. The monoisotopic (exact) mass is 387 g/mol. The second-order valence-corrected chi connectivity index (χ2v) is 6.66. The maximum absolute atomic E-state index is 12.1. The Labute approximate surface area is 145 Å². The number of nitrogens with one attached hydrogen (secondary N) is 1. The van der Waals surface area contributed by atoms with Crippen molar-refractivity contribution in [3.05, 3.63) is 51.0 Å². The average molecular weight is 388 g/mol. The molecule has 4 N–H and O–H groups in total. The summed E-state index contributed by atoms with van der Waals surface area (Å²) in [6.45, 7) is 0. The summed E-state index contributed by atoms with van der Waals surface area (Å²) in [7, 11) is -4.24. The molecule has 0 fully saturated rings. The number of aromatic hydroxyl groups is 3. The van der Waals surface area contributed by atoms with Crippen molar-refractivity contribution < 1.29 is 28.7 Å². The van der Waals surface area contributed by atoms with Crippen LogP contribution in [0.1, 0.15) is 5.56 Å². The lowest BCUT2D eigenvalue weighted by Gasteiger charge is -2.05. The van der Waals surface area contributed by atoms with Gasteiger partial charge in [0.25, 0.3) is 15.7 Å². The topological polar surface area (TPSA) is 162 Å². The zero-order valence-electron chi connectivity index (χ0n) is 12.1. The number of phenolic OH excluding ortho intramolecular Hbond substituents is 3. The first-order chi connectivity index (χ1) is 11.6. The predicted molar refractivity (Wildman–Crippen MR) is 87.5 cm³/mol. The Morgan fingerprint density at radius 2 is 1.84 bits per heavy atom. The van der Waals surface area contributed by atoms with Crippen molar-refractivity contribution >= 4 is 33.5 Å². The van der Waals surface area contributed by atoms with Crippen molar-refractivity contribution in [1.82, 2.24) is 4.83 Å². The molecule has 0 radical (unpaired) electrons. The fourth-order valence-corrected chi connectivity index (χ4v) is 2.70. The molecule has 0 aliphatic heterocycles. The molecule has 25 heavy (non-hydrogen) atoms. The summed E-state index contributed by atoms with van der Waals surface area (Å²) < 4.78 is 24.1. The number of hydrogen-bond acceptors (Lipinski definition) is 8. The normalized spacial score (nSPS) is 11.6. The van der Waals surface area contributed by atoms with Gasteiger partial charge in [-0.3, -0.25) is 10.1 Å². The summed E-state index contributed by atoms with van der Waals surface area (Å²) in [4.78, 5) is 11.3. The van der Waals surface area contributed by atoms with Crippen LogP contribution in [-0.2, 0) is 10.0 Å². The van der Waals surface area contributed by atoms with Crippen LogP contribution in [0.5, 0.6) is 17.2 Å². The van der Waals surface area contributed by atoms with Crippen molar-refractivity contribution in [1.29, 1.82) is 0 Å². The first kappa shape index (κ1) is 18.3. The fraction of sp³-hybridized carbons (Fsp3) is 0. The van der Waals surface area contributed by atoms with Gasteiger partial charge in [-0.25, -0.2) is 4.83 Å². The molecule has 10 nitrogen and oxygen atoms in total. The van der Waals surface area contributed by atoms with Gasteiger partial charge in [-0.15, -0.1) is 0 Å². The SMILES string of the molecule is O=[N+]([O-])c1cc(S(=O)(=O)NN=Cc2ccc(O)c(O)c2O)ccc1Cl. The molecule has 0 heterocycles. The van der Waals surface area contributed by atoms with Crippen LogP contribution in [0.15, 0.2) is 40.3 Å². The highest BCUT2D eigenvalue weighted by molar-refractivity contribution is 7.89. The number of benzene rings is 2. The Bertz CT molecular complexity index is 976. The highest BCUT2D eigenvalue weighted by Crippen LogP contribution is 2.36. The maximum atomic E-state index is 12.1. The van der Waals surface area contributed by atoms with Gasteiger partial charge in [-0.1, -0.05) is 11.6 Å².